The summed E-state index contributed by atoms with van der Waals surface area (Å²) in [7, 11) is 3.48. The highest BCUT2D eigenvalue weighted by molar-refractivity contribution is 9.10. The highest BCUT2D eigenvalue weighted by Crippen LogP contribution is 2.25. The van der Waals surface area contributed by atoms with Crippen molar-refractivity contribution in [2.24, 2.45) is 0 Å². The summed E-state index contributed by atoms with van der Waals surface area (Å²) >= 11 is 3.44. The molecule has 5 heteroatoms. The van der Waals surface area contributed by atoms with E-state index >= 15 is 0 Å². The average Bonchev–Trinajstić information content (AvgIpc) is 2.47. The Morgan fingerprint density at radius 3 is 2.74 bits per heavy atom. The largest absolute Gasteiger partial charge is 0.497 e. The smallest absolute Gasteiger partial charge is 0.255 e. The van der Waals surface area contributed by atoms with Crippen LogP contribution in [0.3, 0.4) is 0 Å². The number of rotatable bonds is 3. The van der Waals surface area contributed by atoms with Crippen LogP contribution in [0.4, 0.5) is 0 Å². The SMILES string of the molecule is COc1ccc(Br)c(C(=O)N(C)C2CCNCC2)c1. The van der Waals surface area contributed by atoms with Crippen LogP contribution < -0.4 is 10.1 Å². The number of halogens is 1. The maximum absolute atomic E-state index is 12.6. The van der Waals surface area contributed by atoms with Crippen molar-refractivity contribution in [3.8, 4) is 5.75 Å². The van der Waals surface area contributed by atoms with Gasteiger partial charge in [-0.3, -0.25) is 4.79 Å². The fourth-order valence-electron chi connectivity index (χ4n) is 2.35. The van der Waals surface area contributed by atoms with E-state index in [9.17, 15) is 4.79 Å². The van der Waals surface area contributed by atoms with Crippen LogP contribution in [0, 0.1) is 0 Å². The van der Waals surface area contributed by atoms with Crippen molar-refractivity contribution >= 4 is 21.8 Å². The third-order valence-electron chi connectivity index (χ3n) is 3.58. The Morgan fingerprint density at radius 1 is 1.42 bits per heavy atom. The normalized spacial score (nSPS) is 16.2. The van der Waals surface area contributed by atoms with Crippen LogP contribution in [-0.4, -0.2) is 44.1 Å². The Bertz CT molecular complexity index is 459. The van der Waals surface area contributed by atoms with Gasteiger partial charge in [0.25, 0.3) is 5.91 Å². The molecule has 19 heavy (non-hydrogen) atoms. The van der Waals surface area contributed by atoms with E-state index < -0.39 is 0 Å². The van der Waals surface area contributed by atoms with E-state index in [2.05, 4.69) is 21.2 Å². The molecule has 1 N–H and O–H groups in total. The molecule has 0 aliphatic carbocycles. The van der Waals surface area contributed by atoms with Crippen LogP contribution in [-0.2, 0) is 0 Å². The highest BCUT2D eigenvalue weighted by atomic mass is 79.9. The van der Waals surface area contributed by atoms with Crippen LogP contribution >= 0.6 is 15.9 Å². The van der Waals surface area contributed by atoms with Crippen molar-refractivity contribution in [2.45, 2.75) is 18.9 Å². The van der Waals surface area contributed by atoms with E-state index in [1.807, 2.05) is 24.1 Å². The first-order valence-electron chi connectivity index (χ1n) is 6.45. The van der Waals surface area contributed by atoms with Crippen LogP contribution in [0.25, 0.3) is 0 Å². The lowest BCUT2D eigenvalue weighted by Gasteiger charge is -2.32. The number of hydrogen-bond donors (Lipinski definition) is 1. The predicted molar refractivity (Wildman–Crippen MR) is 78.7 cm³/mol. The van der Waals surface area contributed by atoms with E-state index in [0.29, 0.717) is 17.4 Å². The van der Waals surface area contributed by atoms with Gasteiger partial charge >= 0.3 is 0 Å². The second-order valence-electron chi connectivity index (χ2n) is 4.74. The monoisotopic (exact) mass is 326 g/mol. The van der Waals surface area contributed by atoms with Gasteiger partial charge in [-0.25, -0.2) is 0 Å². The van der Waals surface area contributed by atoms with E-state index in [1.54, 1.807) is 13.2 Å². The summed E-state index contributed by atoms with van der Waals surface area (Å²) < 4.78 is 5.99. The molecule has 0 unspecified atom stereocenters. The second kappa shape index (κ2) is 6.39. The number of nitrogens with one attached hydrogen (secondary N) is 1. The standard InChI is InChI=1S/C14H19BrN2O2/c1-17(10-5-7-16-8-6-10)14(18)12-9-11(19-2)3-4-13(12)15/h3-4,9-10,16H,5-8H2,1-2H3. The first-order valence-corrected chi connectivity index (χ1v) is 7.24. The highest BCUT2D eigenvalue weighted by Gasteiger charge is 2.24. The Morgan fingerprint density at radius 2 is 2.11 bits per heavy atom. The number of benzene rings is 1. The topological polar surface area (TPSA) is 41.6 Å². The maximum atomic E-state index is 12.6. The molecule has 0 spiro atoms. The number of nitrogens with zero attached hydrogens (tertiary/aromatic N) is 1. The van der Waals surface area contributed by atoms with Crippen LogP contribution in [0.1, 0.15) is 23.2 Å². The summed E-state index contributed by atoms with van der Waals surface area (Å²) in [5.41, 5.74) is 0.653. The molecular formula is C14H19BrN2O2. The molecule has 1 aromatic carbocycles. The molecule has 1 fully saturated rings. The lowest BCUT2D eigenvalue weighted by molar-refractivity contribution is 0.0702. The van der Waals surface area contributed by atoms with E-state index in [-0.39, 0.29) is 5.91 Å². The summed E-state index contributed by atoms with van der Waals surface area (Å²) in [6.45, 7) is 1.95. The third-order valence-corrected chi connectivity index (χ3v) is 4.27. The number of amides is 1. The van der Waals surface area contributed by atoms with Gasteiger partial charge in [-0.05, 0) is 60.1 Å². The average molecular weight is 327 g/mol. The zero-order valence-corrected chi connectivity index (χ0v) is 12.9. The molecule has 0 atom stereocenters. The summed E-state index contributed by atoms with van der Waals surface area (Å²) in [6.07, 6.45) is 2.01. The van der Waals surface area contributed by atoms with Crippen molar-refractivity contribution in [1.29, 1.82) is 0 Å². The Kier molecular flexibility index (Phi) is 4.82. The Labute approximate surface area is 122 Å². The number of piperidine rings is 1. The lowest BCUT2D eigenvalue weighted by Crippen LogP contribution is -2.44. The minimum Gasteiger partial charge on any atom is -0.497 e. The van der Waals surface area contributed by atoms with Gasteiger partial charge in [-0.2, -0.15) is 0 Å². The summed E-state index contributed by atoms with van der Waals surface area (Å²) in [5.74, 6) is 0.739. The maximum Gasteiger partial charge on any atom is 0.255 e. The van der Waals surface area contributed by atoms with Crippen molar-refractivity contribution in [3.63, 3.8) is 0 Å². The van der Waals surface area contributed by atoms with Gasteiger partial charge in [0.15, 0.2) is 0 Å². The molecule has 0 radical (unpaired) electrons. The second-order valence-corrected chi connectivity index (χ2v) is 5.60. The van der Waals surface area contributed by atoms with Gasteiger partial charge in [0, 0.05) is 17.6 Å². The fraction of sp³-hybridized carbons (Fsp3) is 0.500. The molecule has 1 aliphatic rings. The summed E-state index contributed by atoms with van der Waals surface area (Å²) in [5, 5.41) is 3.31. The Balaban J connectivity index is 2.18. The van der Waals surface area contributed by atoms with Gasteiger partial charge in [0.2, 0.25) is 0 Å². The molecule has 1 amide bonds. The Hall–Kier alpha value is -1.07. The van der Waals surface area contributed by atoms with Crippen LogP contribution in [0.5, 0.6) is 5.75 Å². The van der Waals surface area contributed by atoms with Gasteiger partial charge in [-0.15, -0.1) is 0 Å². The summed E-state index contributed by atoms with van der Waals surface area (Å²) in [6, 6.07) is 5.78. The lowest BCUT2D eigenvalue weighted by atomic mass is 10.0. The zero-order valence-electron chi connectivity index (χ0n) is 11.3. The van der Waals surface area contributed by atoms with Crippen molar-refractivity contribution in [2.75, 3.05) is 27.2 Å². The molecule has 0 bridgehead atoms. The van der Waals surface area contributed by atoms with E-state index in [4.69, 9.17) is 4.74 Å². The van der Waals surface area contributed by atoms with Gasteiger partial charge < -0.3 is 15.0 Å². The first kappa shape index (κ1) is 14.3. The predicted octanol–water partition coefficient (Wildman–Crippen LogP) is 2.28. The molecule has 104 valence electrons. The molecule has 2 rings (SSSR count). The van der Waals surface area contributed by atoms with Crippen LogP contribution in [0.15, 0.2) is 22.7 Å². The number of carbonyl (C=O) groups is 1. The van der Waals surface area contributed by atoms with E-state index in [1.165, 1.54) is 0 Å². The molecule has 4 nitrogen and oxygen atoms in total. The van der Waals surface area contributed by atoms with Crippen molar-refractivity contribution in [1.82, 2.24) is 10.2 Å². The number of methoxy groups -OCH3 is 1. The molecule has 1 aliphatic heterocycles. The minimum absolute atomic E-state index is 0.0395. The zero-order chi connectivity index (χ0) is 13.8. The quantitative estimate of drug-likeness (QED) is 0.926. The first-order chi connectivity index (χ1) is 9.13. The molecule has 1 heterocycles. The minimum atomic E-state index is 0.0395. The molecule has 1 saturated heterocycles. The van der Waals surface area contributed by atoms with Crippen LogP contribution in [0.2, 0.25) is 0 Å². The van der Waals surface area contributed by atoms with Gasteiger partial charge in [0.05, 0.1) is 12.7 Å². The third kappa shape index (κ3) is 3.28. The van der Waals surface area contributed by atoms with E-state index in [0.717, 1.165) is 30.4 Å². The summed E-state index contributed by atoms with van der Waals surface area (Å²) in [4.78, 5) is 14.4. The fourth-order valence-corrected chi connectivity index (χ4v) is 2.76. The number of ether oxygens (including phenoxy) is 1. The van der Waals surface area contributed by atoms with Crippen molar-refractivity contribution < 1.29 is 9.53 Å². The molecule has 1 aromatic rings. The van der Waals surface area contributed by atoms with Gasteiger partial charge in [0.1, 0.15) is 5.75 Å². The van der Waals surface area contributed by atoms with Crippen molar-refractivity contribution in [3.05, 3.63) is 28.2 Å². The molecular weight excluding hydrogens is 308 g/mol. The molecule has 0 aromatic heterocycles. The number of carbonyl (C=O) groups excluding carboxylic acids is 1. The van der Waals surface area contributed by atoms with Gasteiger partial charge in [-0.1, -0.05) is 0 Å². The molecule has 0 saturated carbocycles. The number of hydrogen-bond acceptors (Lipinski definition) is 3.